The van der Waals surface area contributed by atoms with Crippen molar-refractivity contribution >= 4 is 23.0 Å². The number of hydrogen-bond donors (Lipinski definition) is 0. The van der Waals surface area contributed by atoms with Crippen molar-refractivity contribution in [2.24, 2.45) is 12.0 Å². The lowest BCUT2D eigenvalue weighted by Gasteiger charge is -2.14. The van der Waals surface area contributed by atoms with Gasteiger partial charge in [-0.05, 0) is 26.0 Å². The number of rotatable bonds is 2. The molecule has 0 bridgehead atoms. The molecule has 0 atom stereocenters. The van der Waals surface area contributed by atoms with Gasteiger partial charge in [-0.15, -0.1) is 0 Å². The van der Waals surface area contributed by atoms with E-state index in [0.717, 1.165) is 19.2 Å². The molecule has 0 aliphatic rings. The number of halogens is 5. The van der Waals surface area contributed by atoms with Crippen molar-refractivity contribution in [3.63, 3.8) is 0 Å². The SMILES string of the molecule is CC(C)=Nc1cc(-n2c(=O)cc(C(F)(F)F)n(C)c2=O)c(F)cc1Cl. The molecule has 0 spiro atoms. The average molecular weight is 378 g/mol. The summed E-state index contributed by atoms with van der Waals surface area (Å²) in [7, 11) is 0.837. The van der Waals surface area contributed by atoms with Crippen LogP contribution in [0.15, 0.2) is 32.8 Å². The fourth-order valence-corrected chi connectivity index (χ4v) is 2.34. The summed E-state index contributed by atoms with van der Waals surface area (Å²) in [6.07, 6.45) is -4.90. The third kappa shape index (κ3) is 3.65. The van der Waals surface area contributed by atoms with E-state index in [1.54, 1.807) is 13.8 Å². The first-order valence-electron chi connectivity index (χ1n) is 6.85. The van der Waals surface area contributed by atoms with Gasteiger partial charge in [0, 0.05) is 18.8 Å². The van der Waals surface area contributed by atoms with Gasteiger partial charge in [0.25, 0.3) is 5.56 Å². The van der Waals surface area contributed by atoms with Crippen molar-refractivity contribution in [3.05, 3.63) is 55.6 Å². The Morgan fingerprint density at radius 2 is 1.76 bits per heavy atom. The van der Waals surface area contributed by atoms with Gasteiger partial charge in [0.15, 0.2) is 0 Å². The Labute approximate surface area is 143 Å². The van der Waals surface area contributed by atoms with Crippen molar-refractivity contribution in [2.45, 2.75) is 20.0 Å². The van der Waals surface area contributed by atoms with E-state index in [1.165, 1.54) is 0 Å². The van der Waals surface area contributed by atoms with Gasteiger partial charge in [-0.2, -0.15) is 13.2 Å². The van der Waals surface area contributed by atoms with Crippen LogP contribution >= 0.6 is 11.6 Å². The number of nitrogens with zero attached hydrogens (tertiary/aromatic N) is 3. The van der Waals surface area contributed by atoms with Gasteiger partial charge in [0.2, 0.25) is 0 Å². The van der Waals surface area contributed by atoms with Crippen molar-refractivity contribution in [1.82, 2.24) is 9.13 Å². The summed E-state index contributed by atoms with van der Waals surface area (Å²) < 4.78 is 53.3. The van der Waals surface area contributed by atoms with Crippen molar-refractivity contribution in [2.75, 3.05) is 0 Å². The monoisotopic (exact) mass is 377 g/mol. The van der Waals surface area contributed by atoms with Crippen LogP contribution in [0.25, 0.3) is 5.69 Å². The molecule has 0 amide bonds. The minimum atomic E-state index is -4.90. The molecule has 0 aliphatic heterocycles. The Morgan fingerprint density at radius 1 is 1.16 bits per heavy atom. The van der Waals surface area contributed by atoms with Gasteiger partial charge in [-0.3, -0.25) is 14.4 Å². The van der Waals surface area contributed by atoms with E-state index in [0.29, 0.717) is 10.3 Å². The van der Waals surface area contributed by atoms with E-state index >= 15 is 0 Å². The lowest BCUT2D eigenvalue weighted by molar-refractivity contribution is -0.144. The quantitative estimate of drug-likeness (QED) is 0.594. The zero-order valence-corrected chi connectivity index (χ0v) is 14.0. The molecule has 25 heavy (non-hydrogen) atoms. The molecule has 2 rings (SSSR count). The summed E-state index contributed by atoms with van der Waals surface area (Å²) in [6.45, 7) is 3.28. The highest BCUT2D eigenvalue weighted by Crippen LogP contribution is 2.30. The maximum Gasteiger partial charge on any atom is 0.431 e. The van der Waals surface area contributed by atoms with E-state index in [1.807, 2.05) is 0 Å². The maximum absolute atomic E-state index is 14.2. The van der Waals surface area contributed by atoms with E-state index in [4.69, 9.17) is 11.6 Å². The average Bonchev–Trinajstić information content (AvgIpc) is 2.45. The summed E-state index contributed by atoms with van der Waals surface area (Å²) in [5.74, 6) is -1.04. The molecular weight excluding hydrogens is 366 g/mol. The first-order valence-corrected chi connectivity index (χ1v) is 7.23. The number of benzene rings is 1. The molecular formula is C15H12ClF4N3O2. The number of alkyl halides is 3. The maximum atomic E-state index is 14.2. The topological polar surface area (TPSA) is 56.4 Å². The largest absolute Gasteiger partial charge is 0.431 e. The summed E-state index contributed by atoms with van der Waals surface area (Å²) >= 11 is 5.86. The molecule has 0 N–H and O–H groups in total. The Morgan fingerprint density at radius 3 is 2.28 bits per heavy atom. The summed E-state index contributed by atoms with van der Waals surface area (Å²) in [4.78, 5) is 28.3. The Kier molecular flexibility index (Phi) is 4.90. The molecule has 5 nitrogen and oxygen atoms in total. The van der Waals surface area contributed by atoms with E-state index in [-0.39, 0.29) is 21.3 Å². The van der Waals surface area contributed by atoms with Crippen molar-refractivity contribution in [3.8, 4) is 5.69 Å². The highest BCUT2D eigenvalue weighted by atomic mass is 35.5. The van der Waals surface area contributed by atoms with Crippen LogP contribution in [0.3, 0.4) is 0 Å². The standard InChI is InChI=1S/C15H12ClF4N3O2/c1-7(2)21-10-5-11(9(17)4-8(10)16)23-13(24)6-12(15(18,19)20)22(3)14(23)25/h4-6H,1-3H3. The number of aliphatic imine (C=N–C) groups is 1. The summed E-state index contributed by atoms with van der Waals surface area (Å²) in [5, 5.41) is -0.0702. The molecule has 1 heterocycles. The Balaban J connectivity index is 2.85. The summed E-state index contributed by atoms with van der Waals surface area (Å²) in [5.41, 5.74) is -4.00. The molecule has 1 aromatic heterocycles. The van der Waals surface area contributed by atoms with Crippen LogP contribution in [0.4, 0.5) is 23.2 Å². The van der Waals surface area contributed by atoms with Crippen LogP contribution in [0, 0.1) is 5.82 Å². The molecule has 134 valence electrons. The first-order chi connectivity index (χ1) is 11.4. The van der Waals surface area contributed by atoms with Crippen molar-refractivity contribution < 1.29 is 17.6 Å². The predicted molar refractivity (Wildman–Crippen MR) is 85.7 cm³/mol. The predicted octanol–water partition coefficient (Wildman–Crippen LogP) is 3.46. The van der Waals surface area contributed by atoms with E-state index < -0.39 is 34.6 Å². The smallest absolute Gasteiger partial charge is 0.292 e. The van der Waals surface area contributed by atoms with Gasteiger partial charge in [-0.1, -0.05) is 11.6 Å². The molecule has 0 saturated carbocycles. The van der Waals surface area contributed by atoms with Crippen LogP contribution in [-0.4, -0.2) is 14.8 Å². The van der Waals surface area contributed by atoms with Gasteiger partial charge in [-0.25, -0.2) is 13.8 Å². The molecule has 1 aromatic carbocycles. The first kappa shape index (κ1) is 18.9. The van der Waals surface area contributed by atoms with Crippen LogP contribution in [0.1, 0.15) is 19.5 Å². The number of hydrogen-bond acceptors (Lipinski definition) is 3. The number of aromatic nitrogens is 2. The van der Waals surface area contributed by atoms with Crippen LogP contribution in [-0.2, 0) is 13.2 Å². The zero-order chi connectivity index (χ0) is 19.1. The molecule has 0 fully saturated rings. The molecule has 0 radical (unpaired) electrons. The normalized spacial score (nSPS) is 11.5. The molecule has 2 aromatic rings. The minimum absolute atomic E-state index is 0.0702. The molecule has 0 unspecified atom stereocenters. The fourth-order valence-electron chi connectivity index (χ4n) is 2.14. The highest BCUT2D eigenvalue weighted by molar-refractivity contribution is 6.33. The Hall–Kier alpha value is -2.42. The second-order valence-electron chi connectivity index (χ2n) is 5.36. The third-order valence-corrected chi connectivity index (χ3v) is 3.51. The second-order valence-corrected chi connectivity index (χ2v) is 5.76. The lowest BCUT2D eigenvalue weighted by Crippen LogP contribution is -2.41. The van der Waals surface area contributed by atoms with Gasteiger partial charge in [0.05, 0.1) is 16.4 Å². The molecule has 10 heteroatoms. The highest BCUT2D eigenvalue weighted by Gasteiger charge is 2.35. The summed E-state index contributed by atoms with van der Waals surface area (Å²) in [6, 6.07) is 2.09. The Bertz CT molecular complexity index is 986. The van der Waals surface area contributed by atoms with Crippen LogP contribution in [0.2, 0.25) is 5.02 Å². The minimum Gasteiger partial charge on any atom is -0.292 e. The fraction of sp³-hybridized carbons (Fsp3) is 0.267. The lowest BCUT2D eigenvalue weighted by atomic mass is 10.2. The van der Waals surface area contributed by atoms with Crippen LogP contribution < -0.4 is 11.2 Å². The van der Waals surface area contributed by atoms with Gasteiger partial charge >= 0.3 is 11.9 Å². The molecule has 0 saturated heterocycles. The van der Waals surface area contributed by atoms with E-state index in [9.17, 15) is 27.2 Å². The second kappa shape index (κ2) is 6.47. The zero-order valence-electron chi connectivity index (χ0n) is 13.3. The van der Waals surface area contributed by atoms with Gasteiger partial charge < -0.3 is 0 Å². The van der Waals surface area contributed by atoms with Crippen LogP contribution in [0.5, 0.6) is 0 Å². The third-order valence-electron chi connectivity index (χ3n) is 3.21. The van der Waals surface area contributed by atoms with Crippen molar-refractivity contribution in [1.29, 1.82) is 0 Å². The van der Waals surface area contributed by atoms with E-state index in [2.05, 4.69) is 4.99 Å². The van der Waals surface area contributed by atoms with Gasteiger partial charge in [0.1, 0.15) is 11.5 Å². The molecule has 0 aliphatic carbocycles.